The average molecular weight is 310 g/mol. The maximum absolute atomic E-state index is 5.82. The van der Waals surface area contributed by atoms with Crippen molar-refractivity contribution in [2.45, 2.75) is 13.8 Å². The standard InChI is InChI=1S/C14H22N4S2/c1-10-9-11(2)17-14(12(10)13(15)19)16-3-4-18-5-7-20-8-6-18/h9H,3-8H2,1-2H3,(H2,15,19)(H,16,17). The molecule has 0 aliphatic carbocycles. The summed E-state index contributed by atoms with van der Waals surface area (Å²) in [6.07, 6.45) is 0. The van der Waals surface area contributed by atoms with Crippen LogP contribution in [0.25, 0.3) is 0 Å². The molecule has 0 spiro atoms. The van der Waals surface area contributed by atoms with Gasteiger partial charge in [-0.1, -0.05) is 12.2 Å². The molecule has 2 heterocycles. The highest BCUT2D eigenvalue weighted by atomic mass is 32.2. The van der Waals surface area contributed by atoms with Gasteiger partial charge in [0.05, 0.1) is 5.56 Å². The highest BCUT2D eigenvalue weighted by molar-refractivity contribution is 7.99. The fraction of sp³-hybridized carbons (Fsp3) is 0.571. The maximum Gasteiger partial charge on any atom is 0.136 e. The number of aryl methyl sites for hydroxylation is 2. The van der Waals surface area contributed by atoms with E-state index in [4.69, 9.17) is 18.0 Å². The lowest BCUT2D eigenvalue weighted by molar-refractivity contribution is 0.314. The van der Waals surface area contributed by atoms with Gasteiger partial charge in [0.1, 0.15) is 10.8 Å². The molecule has 0 bridgehead atoms. The molecule has 0 unspecified atom stereocenters. The minimum absolute atomic E-state index is 0.409. The second kappa shape index (κ2) is 7.24. The van der Waals surface area contributed by atoms with E-state index in [1.165, 1.54) is 24.6 Å². The first-order valence-corrected chi connectivity index (χ1v) is 8.46. The van der Waals surface area contributed by atoms with Gasteiger partial charge in [-0.3, -0.25) is 4.90 Å². The van der Waals surface area contributed by atoms with Crippen molar-refractivity contribution in [3.8, 4) is 0 Å². The summed E-state index contributed by atoms with van der Waals surface area (Å²) < 4.78 is 0. The van der Waals surface area contributed by atoms with Crippen molar-refractivity contribution in [3.05, 3.63) is 22.9 Å². The molecule has 0 atom stereocenters. The van der Waals surface area contributed by atoms with Gasteiger partial charge in [0, 0.05) is 43.4 Å². The van der Waals surface area contributed by atoms with E-state index >= 15 is 0 Å². The Balaban J connectivity index is 1.99. The molecule has 20 heavy (non-hydrogen) atoms. The molecule has 1 saturated heterocycles. The fourth-order valence-electron chi connectivity index (χ4n) is 2.43. The lowest BCUT2D eigenvalue weighted by atomic mass is 10.1. The van der Waals surface area contributed by atoms with Gasteiger partial charge in [0.25, 0.3) is 0 Å². The van der Waals surface area contributed by atoms with E-state index in [0.29, 0.717) is 4.99 Å². The number of nitrogens with one attached hydrogen (secondary N) is 1. The zero-order chi connectivity index (χ0) is 14.5. The van der Waals surface area contributed by atoms with Crippen molar-refractivity contribution in [1.29, 1.82) is 0 Å². The van der Waals surface area contributed by atoms with Crippen molar-refractivity contribution in [3.63, 3.8) is 0 Å². The largest absolute Gasteiger partial charge is 0.389 e. The Morgan fingerprint density at radius 3 is 2.80 bits per heavy atom. The number of aromatic nitrogens is 1. The van der Waals surface area contributed by atoms with Gasteiger partial charge in [0.2, 0.25) is 0 Å². The van der Waals surface area contributed by atoms with E-state index in [1.54, 1.807) is 0 Å². The summed E-state index contributed by atoms with van der Waals surface area (Å²) in [6.45, 7) is 8.27. The van der Waals surface area contributed by atoms with Crippen LogP contribution in [0.5, 0.6) is 0 Å². The number of nitrogens with zero attached hydrogens (tertiary/aromatic N) is 2. The average Bonchev–Trinajstić information content (AvgIpc) is 2.38. The van der Waals surface area contributed by atoms with Gasteiger partial charge in [-0.05, 0) is 25.5 Å². The summed E-state index contributed by atoms with van der Waals surface area (Å²) in [6, 6.07) is 2.02. The second-order valence-corrected chi connectivity index (χ2v) is 6.71. The Bertz CT molecular complexity index is 484. The number of thiocarbonyl (C=S) groups is 1. The van der Waals surface area contributed by atoms with E-state index < -0.39 is 0 Å². The molecule has 0 amide bonds. The maximum atomic E-state index is 5.82. The van der Waals surface area contributed by atoms with Gasteiger partial charge in [-0.25, -0.2) is 4.98 Å². The zero-order valence-electron chi connectivity index (χ0n) is 12.1. The molecule has 6 heteroatoms. The van der Waals surface area contributed by atoms with Crippen LogP contribution < -0.4 is 11.1 Å². The first-order chi connectivity index (χ1) is 9.58. The summed E-state index contributed by atoms with van der Waals surface area (Å²) in [7, 11) is 0. The van der Waals surface area contributed by atoms with Crippen molar-refractivity contribution < 1.29 is 0 Å². The molecule has 1 fully saturated rings. The molecule has 1 aliphatic rings. The SMILES string of the molecule is Cc1cc(C)c(C(N)=S)c(NCCN2CCSCC2)n1. The molecular weight excluding hydrogens is 288 g/mol. The van der Waals surface area contributed by atoms with Crippen molar-refractivity contribution in [2.75, 3.05) is 43.0 Å². The molecule has 0 aromatic carbocycles. The summed E-state index contributed by atoms with van der Waals surface area (Å²) >= 11 is 7.17. The number of hydrogen-bond acceptors (Lipinski definition) is 5. The number of anilines is 1. The molecule has 0 saturated carbocycles. The van der Waals surface area contributed by atoms with Crippen LogP contribution in [-0.4, -0.2) is 52.6 Å². The van der Waals surface area contributed by atoms with E-state index in [0.717, 1.165) is 35.7 Å². The summed E-state index contributed by atoms with van der Waals surface area (Å²) in [5.74, 6) is 3.29. The van der Waals surface area contributed by atoms with E-state index in [9.17, 15) is 0 Å². The topological polar surface area (TPSA) is 54.2 Å². The molecule has 0 radical (unpaired) electrons. The molecule has 2 rings (SSSR count). The third-order valence-corrected chi connectivity index (χ3v) is 4.56. The molecule has 3 N–H and O–H groups in total. The van der Waals surface area contributed by atoms with Crippen LogP contribution in [0.1, 0.15) is 16.8 Å². The van der Waals surface area contributed by atoms with E-state index in [2.05, 4.69) is 15.2 Å². The Labute approximate surface area is 130 Å². The van der Waals surface area contributed by atoms with Crippen molar-refractivity contribution in [1.82, 2.24) is 9.88 Å². The molecule has 110 valence electrons. The summed E-state index contributed by atoms with van der Waals surface area (Å²) in [5.41, 5.74) is 8.76. The smallest absolute Gasteiger partial charge is 0.136 e. The predicted molar refractivity (Wildman–Crippen MR) is 91.9 cm³/mol. The van der Waals surface area contributed by atoms with E-state index in [1.807, 2.05) is 31.7 Å². The van der Waals surface area contributed by atoms with Gasteiger partial charge in [0.15, 0.2) is 0 Å². The predicted octanol–water partition coefficient (Wildman–Crippen LogP) is 1.79. The lowest BCUT2D eigenvalue weighted by Gasteiger charge is -2.26. The minimum Gasteiger partial charge on any atom is -0.389 e. The number of thioether (sulfide) groups is 1. The Morgan fingerprint density at radius 2 is 2.15 bits per heavy atom. The van der Waals surface area contributed by atoms with Crippen LogP contribution >= 0.6 is 24.0 Å². The van der Waals surface area contributed by atoms with Crippen LogP contribution in [0.15, 0.2) is 6.07 Å². The van der Waals surface area contributed by atoms with Crippen LogP contribution in [0.3, 0.4) is 0 Å². The molecule has 1 aromatic heterocycles. The third-order valence-electron chi connectivity index (χ3n) is 3.42. The second-order valence-electron chi connectivity index (χ2n) is 5.05. The first kappa shape index (κ1) is 15.5. The quantitative estimate of drug-likeness (QED) is 0.809. The summed E-state index contributed by atoms with van der Waals surface area (Å²) in [4.78, 5) is 7.42. The van der Waals surface area contributed by atoms with Crippen LogP contribution in [0, 0.1) is 13.8 Å². The van der Waals surface area contributed by atoms with Gasteiger partial charge < -0.3 is 11.1 Å². The van der Waals surface area contributed by atoms with Crippen LogP contribution in [-0.2, 0) is 0 Å². The Morgan fingerprint density at radius 1 is 1.45 bits per heavy atom. The first-order valence-electron chi connectivity index (χ1n) is 6.90. The van der Waals surface area contributed by atoms with Gasteiger partial charge in [-0.2, -0.15) is 11.8 Å². The highest BCUT2D eigenvalue weighted by Gasteiger charge is 2.13. The Kier molecular flexibility index (Phi) is 5.63. The number of rotatable bonds is 5. The molecule has 1 aliphatic heterocycles. The van der Waals surface area contributed by atoms with Crippen molar-refractivity contribution in [2.24, 2.45) is 5.73 Å². The van der Waals surface area contributed by atoms with Gasteiger partial charge in [-0.15, -0.1) is 0 Å². The summed E-state index contributed by atoms with van der Waals surface area (Å²) in [5, 5.41) is 3.40. The number of pyridine rings is 1. The number of nitrogens with two attached hydrogens (primary N) is 1. The highest BCUT2D eigenvalue weighted by Crippen LogP contribution is 2.18. The third kappa shape index (κ3) is 4.07. The lowest BCUT2D eigenvalue weighted by Crippen LogP contribution is -2.36. The zero-order valence-corrected chi connectivity index (χ0v) is 13.7. The number of hydrogen-bond donors (Lipinski definition) is 2. The molecule has 4 nitrogen and oxygen atoms in total. The van der Waals surface area contributed by atoms with Gasteiger partial charge >= 0.3 is 0 Å². The van der Waals surface area contributed by atoms with Crippen molar-refractivity contribution >= 4 is 34.8 Å². The van der Waals surface area contributed by atoms with E-state index in [-0.39, 0.29) is 0 Å². The minimum atomic E-state index is 0.409. The normalized spacial score (nSPS) is 16.1. The monoisotopic (exact) mass is 310 g/mol. The fourth-order valence-corrected chi connectivity index (χ4v) is 3.67. The molecular formula is C14H22N4S2. The Hall–Kier alpha value is -0.850. The molecule has 1 aromatic rings. The van der Waals surface area contributed by atoms with Crippen LogP contribution in [0.4, 0.5) is 5.82 Å². The van der Waals surface area contributed by atoms with Crippen LogP contribution in [0.2, 0.25) is 0 Å².